The van der Waals surface area contributed by atoms with Gasteiger partial charge in [0, 0.05) is 7.41 Å². The van der Waals surface area contributed by atoms with Crippen molar-refractivity contribution < 1.29 is 1.37 Å². The van der Waals surface area contributed by atoms with E-state index in [0.717, 1.165) is 18.9 Å². The first-order chi connectivity index (χ1) is 6.32. The molecule has 0 spiro atoms. The van der Waals surface area contributed by atoms with Crippen LogP contribution in [0.5, 0.6) is 0 Å². The van der Waals surface area contributed by atoms with Crippen molar-refractivity contribution in [1.82, 2.24) is 4.90 Å². The number of hydrogen-bond acceptors (Lipinski definition) is 1. The highest BCUT2D eigenvalue weighted by atomic mass is 15.1. The summed E-state index contributed by atoms with van der Waals surface area (Å²) in [7, 11) is 0. The third kappa shape index (κ3) is 2.98. The van der Waals surface area contributed by atoms with Gasteiger partial charge in [0.25, 0.3) is 0 Å². The van der Waals surface area contributed by atoms with Gasteiger partial charge in [-0.05, 0) is 51.1 Å². The van der Waals surface area contributed by atoms with Gasteiger partial charge in [0.15, 0.2) is 0 Å². The first-order valence-electron chi connectivity index (χ1n) is 6.08. The fraction of sp³-hybridized carbons (Fsp3) is 1.00. The molecule has 1 saturated heterocycles. The summed E-state index contributed by atoms with van der Waals surface area (Å²) in [6, 6.07) is 0.526. The molecule has 13 heavy (non-hydrogen) atoms. The van der Waals surface area contributed by atoms with Gasteiger partial charge in [-0.3, -0.25) is 0 Å². The number of hydrogen-bond donors (Lipinski definition) is 0. The van der Waals surface area contributed by atoms with Crippen molar-refractivity contribution in [1.29, 1.82) is 0 Å². The van der Waals surface area contributed by atoms with Crippen LogP contribution in [0.1, 0.15) is 48.8 Å². The van der Waals surface area contributed by atoms with Gasteiger partial charge in [-0.2, -0.15) is 0 Å². The Morgan fingerprint density at radius 3 is 2.31 bits per heavy atom. The van der Waals surface area contributed by atoms with Crippen molar-refractivity contribution in [3.05, 3.63) is 0 Å². The molecule has 1 rings (SSSR count). The minimum atomic E-state index is 0.0213. The van der Waals surface area contributed by atoms with Crippen molar-refractivity contribution in [2.24, 2.45) is 11.3 Å². The van der Waals surface area contributed by atoms with E-state index in [1.165, 1.54) is 6.42 Å². The highest BCUT2D eigenvalue weighted by Gasteiger charge is 2.29. The van der Waals surface area contributed by atoms with Crippen LogP contribution in [0.15, 0.2) is 0 Å². The molecule has 0 aliphatic carbocycles. The summed E-state index contributed by atoms with van der Waals surface area (Å²) in [5.74, 6) is 0.722. The van der Waals surface area contributed by atoms with E-state index in [2.05, 4.69) is 39.5 Å². The quantitative estimate of drug-likeness (QED) is 0.605. The highest BCUT2D eigenvalue weighted by molar-refractivity contribution is 4.81. The van der Waals surface area contributed by atoms with Crippen molar-refractivity contribution in [3.63, 3.8) is 0 Å². The Bertz CT molecular complexity index is 183. The van der Waals surface area contributed by atoms with E-state index in [9.17, 15) is 0 Å². The first kappa shape index (κ1) is 9.51. The minimum Gasteiger partial charge on any atom is -0.301 e. The zero-order chi connectivity index (χ0) is 10.9. The normalized spacial score (nSPS) is 33.5. The molecule has 0 N–H and O–H groups in total. The lowest BCUT2D eigenvalue weighted by Crippen LogP contribution is -2.41. The van der Waals surface area contributed by atoms with Crippen LogP contribution in [0.25, 0.3) is 0 Å². The average molecular weight is 184 g/mol. The van der Waals surface area contributed by atoms with Crippen LogP contribution in [0.2, 0.25) is 0 Å². The van der Waals surface area contributed by atoms with Crippen LogP contribution in [0.4, 0.5) is 0 Å². The molecule has 0 aromatic heterocycles. The zero-order valence-corrected chi connectivity index (χ0v) is 9.80. The standard InChI is InChI=1S/C12H25N/c1-10(2)13-8-6-11(7-9-13)12(3,4)5/h10-11H,6-9H2,1-5H3/i8D. The second-order valence-corrected chi connectivity index (χ2v) is 5.60. The second-order valence-electron chi connectivity index (χ2n) is 5.60. The zero-order valence-electron chi connectivity index (χ0n) is 10.8. The van der Waals surface area contributed by atoms with E-state index in [0.29, 0.717) is 11.5 Å². The molecular formula is C12H25N. The molecule has 2 atom stereocenters. The van der Waals surface area contributed by atoms with Crippen molar-refractivity contribution in [3.8, 4) is 0 Å². The van der Waals surface area contributed by atoms with Gasteiger partial charge in [-0.1, -0.05) is 20.8 Å². The summed E-state index contributed by atoms with van der Waals surface area (Å²) >= 11 is 0. The smallest absolute Gasteiger partial charge is 0.0431 e. The number of nitrogens with zero attached hydrogens (tertiary/aromatic N) is 1. The molecule has 0 amide bonds. The molecule has 1 aliphatic heterocycles. The molecule has 0 bridgehead atoms. The van der Waals surface area contributed by atoms with Gasteiger partial charge in [0.05, 0.1) is 0 Å². The molecule has 0 radical (unpaired) electrons. The predicted molar refractivity (Wildman–Crippen MR) is 58.9 cm³/mol. The molecule has 1 nitrogen and oxygen atoms in total. The van der Waals surface area contributed by atoms with E-state index in [1.807, 2.05) is 0 Å². The molecular weight excluding hydrogens is 158 g/mol. The van der Waals surface area contributed by atoms with Gasteiger partial charge in [-0.15, -0.1) is 0 Å². The van der Waals surface area contributed by atoms with E-state index in [1.54, 1.807) is 0 Å². The third-order valence-corrected chi connectivity index (χ3v) is 3.25. The number of likely N-dealkylation sites (tertiary alicyclic amines) is 1. The molecule has 0 saturated carbocycles. The lowest BCUT2D eigenvalue weighted by Gasteiger charge is -2.40. The molecule has 1 fully saturated rings. The molecule has 1 heterocycles. The van der Waals surface area contributed by atoms with Crippen molar-refractivity contribution >= 4 is 0 Å². The van der Waals surface area contributed by atoms with E-state index < -0.39 is 0 Å². The Morgan fingerprint density at radius 2 is 1.92 bits per heavy atom. The van der Waals surface area contributed by atoms with E-state index in [-0.39, 0.29) is 6.52 Å². The Morgan fingerprint density at radius 1 is 1.31 bits per heavy atom. The number of rotatable bonds is 1. The SMILES string of the molecule is [2H]C1CC(C(C)(C)C)CCN1C(C)C. The summed E-state index contributed by atoms with van der Waals surface area (Å²) in [6.07, 6.45) is 2.30. The maximum Gasteiger partial charge on any atom is 0.0431 e. The van der Waals surface area contributed by atoms with Gasteiger partial charge in [0.2, 0.25) is 0 Å². The first-order valence-corrected chi connectivity index (χ1v) is 5.50. The number of piperidine rings is 1. The van der Waals surface area contributed by atoms with E-state index in [4.69, 9.17) is 1.37 Å². The van der Waals surface area contributed by atoms with Crippen molar-refractivity contribution in [2.75, 3.05) is 13.1 Å². The minimum absolute atomic E-state index is 0.0213. The lowest BCUT2D eigenvalue weighted by atomic mass is 9.75. The van der Waals surface area contributed by atoms with Crippen LogP contribution < -0.4 is 0 Å². The highest BCUT2D eigenvalue weighted by Crippen LogP contribution is 2.34. The summed E-state index contributed by atoms with van der Waals surface area (Å²) in [5, 5.41) is 0. The van der Waals surface area contributed by atoms with Crippen LogP contribution in [0.3, 0.4) is 0 Å². The Kier molecular flexibility index (Phi) is 2.92. The molecule has 78 valence electrons. The average Bonchev–Trinajstić information content (AvgIpc) is 2.01. The Balaban J connectivity index is 2.55. The summed E-state index contributed by atoms with van der Waals surface area (Å²) in [6.45, 7) is 12.4. The maximum absolute atomic E-state index is 8.10. The van der Waals surface area contributed by atoms with Crippen LogP contribution >= 0.6 is 0 Å². The van der Waals surface area contributed by atoms with Gasteiger partial charge >= 0.3 is 0 Å². The fourth-order valence-electron chi connectivity index (χ4n) is 2.03. The molecule has 2 unspecified atom stereocenters. The van der Waals surface area contributed by atoms with Crippen LogP contribution in [0, 0.1) is 11.3 Å². The third-order valence-electron chi connectivity index (χ3n) is 3.25. The fourth-order valence-corrected chi connectivity index (χ4v) is 2.03. The van der Waals surface area contributed by atoms with Gasteiger partial charge < -0.3 is 4.90 Å². The van der Waals surface area contributed by atoms with Crippen LogP contribution in [-0.4, -0.2) is 24.0 Å². The van der Waals surface area contributed by atoms with Gasteiger partial charge in [0.1, 0.15) is 0 Å². The van der Waals surface area contributed by atoms with Crippen molar-refractivity contribution in [2.45, 2.75) is 53.5 Å². The summed E-state index contributed by atoms with van der Waals surface area (Å²) < 4.78 is 8.10. The molecule has 0 aromatic carbocycles. The largest absolute Gasteiger partial charge is 0.301 e. The molecule has 1 aliphatic rings. The summed E-state index contributed by atoms with van der Waals surface area (Å²) in [4.78, 5) is 2.31. The summed E-state index contributed by atoms with van der Waals surface area (Å²) in [5.41, 5.74) is 0.377. The molecule has 0 aromatic rings. The lowest BCUT2D eigenvalue weighted by molar-refractivity contribution is 0.0930. The van der Waals surface area contributed by atoms with E-state index >= 15 is 0 Å². The predicted octanol–water partition coefficient (Wildman–Crippen LogP) is 3.15. The Labute approximate surface area is 84.9 Å². The van der Waals surface area contributed by atoms with Gasteiger partial charge in [-0.25, -0.2) is 0 Å². The topological polar surface area (TPSA) is 3.24 Å². The van der Waals surface area contributed by atoms with Crippen LogP contribution in [-0.2, 0) is 0 Å². The monoisotopic (exact) mass is 184 g/mol. The Hall–Kier alpha value is -0.0400. The molecule has 1 heteroatoms. The maximum atomic E-state index is 8.10. The second kappa shape index (κ2) is 4.00.